The number of halogens is 2. The lowest BCUT2D eigenvalue weighted by Crippen LogP contribution is -2.06. The van der Waals surface area contributed by atoms with E-state index < -0.39 is 9.84 Å². The van der Waals surface area contributed by atoms with Crippen LogP contribution in [0.15, 0.2) is 23.1 Å². The number of hydrogen-bond acceptors (Lipinski definition) is 3. The van der Waals surface area contributed by atoms with Gasteiger partial charge < -0.3 is 0 Å². The van der Waals surface area contributed by atoms with Crippen molar-refractivity contribution < 1.29 is 8.42 Å². The Labute approximate surface area is 98.2 Å². The Morgan fingerprint density at radius 1 is 1.33 bits per heavy atom. The summed E-state index contributed by atoms with van der Waals surface area (Å²) >= 11 is 11.4. The molecule has 0 aromatic heterocycles. The Bertz CT molecular complexity index is 505. The number of nitriles is 1. The van der Waals surface area contributed by atoms with Crippen molar-refractivity contribution in [2.24, 2.45) is 0 Å². The van der Waals surface area contributed by atoms with Gasteiger partial charge in [-0.2, -0.15) is 5.26 Å². The van der Waals surface area contributed by atoms with E-state index in [1.165, 1.54) is 18.2 Å². The minimum atomic E-state index is -3.48. The highest BCUT2D eigenvalue weighted by Gasteiger charge is 2.17. The number of sulfone groups is 1. The first-order valence-electron chi connectivity index (χ1n) is 4.02. The monoisotopic (exact) mass is 263 g/mol. The molecule has 0 saturated carbocycles. The summed E-state index contributed by atoms with van der Waals surface area (Å²) < 4.78 is 23.3. The molecule has 6 heteroatoms. The molecule has 0 N–H and O–H groups in total. The molecule has 1 aromatic rings. The third-order valence-electron chi connectivity index (χ3n) is 1.71. The smallest absolute Gasteiger partial charge is 0.180 e. The van der Waals surface area contributed by atoms with Gasteiger partial charge in [0.05, 0.1) is 21.7 Å². The van der Waals surface area contributed by atoms with Crippen LogP contribution in [0.2, 0.25) is 10.0 Å². The predicted molar refractivity (Wildman–Crippen MR) is 58.7 cm³/mol. The quantitative estimate of drug-likeness (QED) is 0.843. The van der Waals surface area contributed by atoms with E-state index in [4.69, 9.17) is 28.5 Å². The summed E-state index contributed by atoms with van der Waals surface area (Å²) in [5.74, 6) is -0.231. The zero-order valence-electron chi connectivity index (χ0n) is 7.57. The molecule has 0 unspecified atom stereocenters. The number of nitrogens with zero attached hydrogens (tertiary/aromatic N) is 1. The Morgan fingerprint density at radius 3 is 2.53 bits per heavy atom. The molecule has 15 heavy (non-hydrogen) atoms. The maximum Gasteiger partial charge on any atom is 0.180 e. The van der Waals surface area contributed by atoms with E-state index in [-0.39, 0.29) is 22.1 Å². The van der Waals surface area contributed by atoms with Crippen LogP contribution in [0.4, 0.5) is 0 Å². The van der Waals surface area contributed by atoms with E-state index >= 15 is 0 Å². The van der Waals surface area contributed by atoms with Crippen LogP contribution in [-0.2, 0) is 9.84 Å². The second-order valence-corrected chi connectivity index (χ2v) is 5.72. The number of benzene rings is 1. The third kappa shape index (κ3) is 3.10. The van der Waals surface area contributed by atoms with E-state index in [0.29, 0.717) is 5.02 Å². The van der Waals surface area contributed by atoms with Crippen LogP contribution in [0.1, 0.15) is 6.42 Å². The van der Waals surface area contributed by atoms with Gasteiger partial charge in [0.2, 0.25) is 0 Å². The van der Waals surface area contributed by atoms with Crippen LogP contribution < -0.4 is 0 Å². The average Bonchev–Trinajstić information content (AvgIpc) is 2.14. The summed E-state index contributed by atoms with van der Waals surface area (Å²) in [6.45, 7) is 0. The molecule has 0 amide bonds. The number of rotatable bonds is 3. The van der Waals surface area contributed by atoms with Gasteiger partial charge in [-0.1, -0.05) is 23.2 Å². The molecule has 3 nitrogen and oxygen atoms in total. The fourth-order valence-corrected chi connectivity index (χ4v) is 2.99. The van der Waals surface area contributed by atoms with E-state index in [1.807, 2.05) is 0 Å². The maximum atomic E-state index is 11.6. The Balaban J connectivity index is 3.12. The molecule has 0 radical (unpaired) electrons. The van der Waals surface area contributed by atoms with Crippen molar-refractivity contribution in [2.75, 3.05) is 5.75 Å². The van der Waals surface area contributed by atoms with Crippen molar-refractivity contribution >= 4 is 33.0 Å². The summed E-state index contributed by atoms with van der Waals surface area (Å²) in [7, 11) is -3.48. The molecule has 0 fully saturated rings. The molecule has 0 atom stereocenters. The van der Waals surface area contributed by atoms with Crippen LogP contribution in [-0.4, -0.2) is 14.2 Å². The van der Waals surface area contributed by atoms with Gasteiger partial charge in [-0.25, -0.2) is 8.42 Å². The molecule has 80 valence electrons. The van der Waals surface area contributed by atoms with Gasteiger partial charge >= 0.3 is 0 Å². The van der Waals surface area contributed by atoms with Gasteiger partial charge in [0.15, 0.2) is 9.84 Å². The Hall–Kier alpha value is -0.760. The van der Waals surface area contributed by atoms with Gasteiger partial charge in [-0.3, -0.25) is 0 Å². The minimum Gasteiger partial charge on any atom is -0.224 e. The summed E-state index contributed by atoms with van der Waals surface area (Å²) in [5, 5.41) is 8.78. The van der Waals surface area contributed by atoms with Crippen molar-refractivity contribution in [1.29, 1.82) is 5.26 Å². The zero-order chi connectivity index (χ0) is 11.5. The lowest BCUT2D eigenvalue weighted by Gasteiger charge is -2.04. The highest BCUT2D eigenvalue weighted by atomic mass is 35.5. The highest BCUT2D eigenvalue weighted by Crippen LogP contribution is 2.25. The summed E-state index contributed by atoms with van der Waals surface area (Å²) in [4.78, 5) is 0.0174. The predicted octanol–water partition coefficient (Wildman–Crippen LogP) is 2.68. The second-order valence-electron chi connectivity index (χ2n) is 2.80. The minimum absolute atomic E-state index is 0.0174. The zero-order valence-corrected chi connectivity index (χ0v) is 9.90. The molecule has 0 aliphatic carbocycles. The Morgan fingerprint density at radius 2 is 2.00 bits per heavy atom. The normalized spacial score (nSPS) is 11.0. The van der Waals surface area contributed by atoms with E-state index in [0.717, 1.165) is 0 Å². The molecule has 0 heterocycles. The largest absolute Gasteiger partial charge is 0.224 e. The van der Waals surface area contributed by atoms with Crippen molar-refractivity contribution in [2.45, 2.75) is 11.3 Å². The summed E-state index contributed by atoms with van der Waals surface area (Å²) in [5.41, 5.74) is 0. The number of hydrogen-bond donors (Lipinski definition) is 0. The van der Waals surface area contributed by atoms with Gasteiger partial charge in [0.25, 0.3) is 0 Å². The van der Waals surface area contributed by atoms with Gasteiger partial charge in [-0.15, -0.1) is 0 Å². The topological polar surface area (TPSA) is 57.9 Å². The molecule has 0 aliphatic rings. The van der Waals surface area contributed by atoms with Crippen LogP contribution in [0.25, 0.3) is 0 Å². The van der Waals surface area contributed by atoms with E-state index in [2.05, 4.69) is 0 Å². The SMILES string of the molecule is N#CCCS(=O)(=O)c1ccc(Cl)cc1Cl. The molecule has 1 aromatic carbocycles. The molecular formula is C9H7Cl2NO2S. The van der Waals surface area contributed by atoms with Crippen molar-refractivity contribution in [3.8, 4) is 6.07 Å². The first-order valence-corrected chi connectivity index (χ1v) is 6.43. The van der Waals surface area contributed by atoms with Crippen molar-refractivity contribution in [3.05, 3.63) is 28.2 Å². The van der Waals surface area contributed by atoms with Crippen LogP contribution in [0, 0.1) is 11.3 Å². The van der Waals surface area contributed by atoms with Gasteiger partial charge in [0, 0.05) is 11.4 Å². The molecule has 0 bridgehead atoms. The van der Waals surface area contributed by atoms with Crippen molar-refractivity contribution in [1.82, 2.24) is 0 Å². The standard InChI is InChI=1S/C9H7Cl2NO2S/c10-7-2-3-9(8(11)6-7)15(13,14)5-1-4-12/h2-3,6H,1,5H2. The van der Waals surface area contributed by atoms with Crippen LogP contribution in [0.5, 0.6) is 0 Å². The highest BCUT2D eigenvalue weighted by molar-refractivity contribution is 7.91. The van der Waals surface area contributed by atoms with E-state index in [1.54, 1.807) is 6.07 Å². The summed E-state index contributed by atoms with van der Waals surface area (Å²) in [6, 6.07) is 5.94. The second kappa shape index (κ2) is 4.84. The van der Waals surface area contributed by atoms with Crippen LogP contribution in [0.3, 0.4) is 0 Å². The average molecular weight is 264 g/mol. The lowest BCUT2D eigenvalue weighted by atomic mass is 10.4. The van der Waals surface area contributed by atoms with Crippen molar-refractivity contribution in [3.63, 3.8) is 0 Å². The molecule has 0 saturated heterocycles. The van der Waals surface area contributed by atoms with Crippen LogP contribution >= 0.6 is 23.2 Å². The molecule has 0 aliphatic heterocycles. The van der Waals surface area contributed by atoms with Gasteiger partial charge in [0.1, 0.15) is 0 Å². The Kier molecular flexibility index (Phi) is 3.97. The lowest BCUT2D eigenvalue weighted by molar-refractivity contribution is 0.596. The fraction of sp³-hybridized carbons (Fsp3) is 0.222. The molecular weight excluding hydrogens is 257 g/mol. The molecule has 1 rings (SSSR count). The first kappa shape index (κ1) is 12.3. The first-order chi connectivity index (χ1) is 6.97. The van der Waals surface area contributed by atoms with Gasteiger partial charge in [-0.05, 0) is 18.2 Å². The third-order valence-corrected chi connectivity index (χ3v) is 4.14. The molecule has 0 spiro atoms. The fourth-order valence-electron chi connectivity index (χ4n) is 1.02. The summed E-state index contributed by atoms with van der Waals surface area (Å²) in [6.07, 6.45) is -0.0543. The maximum absolute atomic E-state index is 11.6. The van der Waals surface area contributed by atoms with E-state index in [9.17, 15) is 8.42 Å².